The fourth-order valence-corrected chi connectivity index (χ4v) is 8.70. The number of halogens is 4. The molecule has 2 amide bonds. The molecule has 1 aromatic rings. The van der Waals surface area contributed by atoms with Gasteiger partial charge in [-0.15, -0.1) is 0 Å². The van der Waals surface area contributed by atoms with Gasteiger partial charge in [0.1, 0.15) is 5.92 Å². The summed E-state index contributed by atoms with van der Waals surface area (Å²) < 4.78 is 40.9. The summed E-state index contributed by atoms with van der Waals surface area (Å²) >= 11 is 5.79. The SMILES string of the molecule is CC1=C2N(C)C(=O)C(C(=O)Nc3ccc(Cl)cc3C(F)(F)F)C[C@]2(C)[C@@H]2CC[C@]3(C)CCC[C@H]3[C@@H]2C1. The normalized spacial score (nSPS) is 36.3. The van der Waals surface area contributed by atoms with Crippen LogP contribution in [0.1, 0.15) is 71.3 Å². The molecule has 1 saturated heterocycles. The number of nitrogens with zero attached hydrogens (tertiary/aromatic N) is 1. The number of amides is 2. The first-order valence-electron chi connectivity index (χ1n) is 12.9. The Labute approximate surface area is 215 Å². The molecule has 3 fully saturated rings. The van der Waals surface area contributed by atoms with E-state index in [1.54, 1.807) is 11.9 Å². The molecule has 0 radical (unpaired) electrons. The zero-order valence-electron chi connectivity index (χ0n) is 21.3. The van der Waals surface area contributed by atoms with E-state index in [-0.39, 0.29) is 22.0 Å². The van der Waals surface area contributed by atoms with Crippen LogP contribution in [0.25, 0.3) is 0 Å². The molecular formula is C28H34ClF3N2O2. The van der Waals surface area contributed by atoms with Crippen LogP contribution in [0.15, 0.2) is 29.5 Å². The second-order valence-electron chi connectivity index (χ2n) is 12.0. The molecule has 6 atom stereocenters. The largest absolute Gasteiger partial charge is 0.418 e. The Bertz CT molecular complexity index is 1150. The van der Waals surface area contributed by atoms with Crippen molar-refractivity contribution >= 4 is 29.1 Å². The quantitative estimate of drug-likeness (QED) is 0.414. The summed E-state index contributed by atoms with van der Waals surface area (Å²) in [6.45, 7) is 6.71. The van der Waals surface area contributed by atoms with Crippen molar-refractivity contribution in [2.45, 2.75) is 71.9 Å². The minimum Gasteiger partial charge on any atom is -0.325 e. The second-order valence-corrected chi connectivity index (χ2v) is 12.5. The molecule has 3 aliphatic carbocycles. The third kappa shape index (κ3) is 3.88. The maximum Gasteiger partial charge on any atom is 0.418 e. The molecule has 5 rings (SSSR count). The Morgan fingerprint density at radius 1 is 1.17 bits per heavy atom. The van der Waals surface area contributed by atoms with E-state index in [0.29, 0.717) is 29.6 Å². The summed E-state index contributed by atoms with van der Waals surface area (Å²) in [4.78, 5) is 28.4. The lowest BCUT2D eigenvalue weighted by Gasteiger charge is -2.59. The van der Waals surface area contributed by atoms with Crippen molar-refractivity contribution in [1.82, 2.24) is 4.90 Å². The van der Waals surface area contributed by atoms with Gasteiger partial charge in [0.25, 0.3) is 0 Å². The van der Waals surface area contributed by atoms with Crippen LogP contribution < -0.4 is 5.32 Å². The molecular weight excluding hydrogens is 489 g/mol. The highest BCUT2D eigenvalue weighted by atomic mass is 35.5. The maximum atomic E-state index is 13.6. The van der Waals surface area contributed by atoms with E-state index in [2.05, 4.69) is 26.1 Å². The number of fused-ring (bicyclic) bond motifs is 5. The summed E-state index contributed by atoms with van der Waals surface area (Å²) in [6.07, 6.45) is 2.55. The van der Waals surface area contributed by atoms with Crippen LogP contribution >= 0.6 is 11.6 Å². The van der Waals surface area contributed by atoms with Crippen LogP contribution in [0.5, 0.6) is 0 Å². The van der Waals surface area contributed by atoms with Gasteiger partial charge in [0.2, 0.25) is 11.8 Å². The smallest absolute Gasteiger partial charge is 0.325 e. The standard InChI is InChI=1S/C28H34ClF3N2O2/c1-15-12-17-19-6-5-10-26(19,2)11-9-20(17)27(3)14-18(25(36)34(4)23(15)27)24(35)33-22-8-7-16(29)13-21(22)28(30,31)32/h7-8,13,17-20H,5-6,9-12,14H2,1-4H3,(H,33,35)/t17-,18?,19-,20+,26-,27+/m0/s1. The Kier molecular flexibility index (Phi) is 6.05. The minimum atomic E-state index is -4.69. The molecule has 1 heterocycles. The van der Waals surface area contributed by atoms with Crippen molar-refractivity contribution in [3.63, 3.8) is 0 Å². The first-order valence-corrected chi connectivity index (χ1v) is 13.3. The Hall–Kier alpha value is -2.02. The summed E-state index contributed by atoms with van der Waals surface area (Å²) in [5, 5.41) is 2.35. The zero-order chi connectivity index (χ0) is 26.2. The molecule has 8 heteroatoms. The highest BCUT2D eigenvalue weighted by Gasteiger charge is 2.60. The van der Waals surface area contributed by atoms with Gasteiger partial charge in [-0.25, -0.2) is 0 Å². The number of rotatable bonds is 2. The number of hydrogen-bond acceptors (Lipinski definition) is 2. The van der Waals surface area contributed by atoms with Crippen LogP contribution in [-0.4, -0.2) is 23.8 Å². The summed E-state index contributed by atoms with van der Waals surface area (Å²) in [5.74, 6) is -0.604. The van der Waals surface area contributed by atoms with E-state index >= 15 is 0 Å². The van der Waals surface area contributed by atoms with Crippen LogP contribution in [-0.2, 0) is 15.8 Å². The van der Waals surface area contributed by atoms with Crippen LogP contribution in [0, 0.1) is 34.5 Å². The number of anilines is 1. The number of carbonyl (C=O) groups excluding carboxylic acids is 2. The average molecular weight is 523 g/mol. The molecule has 1 aliphatic heterocycles. The number of benzene rings is 1. The Morgan fingerprint density at radius 2 is 1.89 bits per heavy atom. The van der Waals surface area contributed by atoms with Crippen molar-refractivity contribution in [1.29, 1.82) is 0 Å². The van der Waals surface area contributed by atoms with Crippen LogP contribution in [0.3, 0.4) is 0 Å². The summed E-state index contributed by atoms with van der Waals surface area (Å²) in [5.41, 5.74) is 0.812. The Morgan fingerprint density at radius 3 is 2.58 bits per heavy atom. The van der Waals surface area contributed by atoms with Gasteiger partial charge in [-0.1, -0.05) is 37.4 Å². The molecule has 0 spiro atoms. The first kappa shape index (κ1) is 25.6. The van der Waals surface area contributed by atoms with E-state index < -0.39 is 23.6 Å². The highest BCUT2D eigenvalue weighted by Crippen LogP contribution is 2.66. The zero-order valence-corrected chi connectivity index (χ0v) is 22.0. The molecule has 4 aliphatic rings. The third-order valence-electron chi connectivity index (χ3n) is 9.98. The molecule has 1 aromatic carbocycles. The average Bonchev–Trinajstić information content (AvgIpc) is 3.19. The molecule has 1 unspecified atom stereocenters. The van der Waals surface area contributed by atoms with Gasteiger partial charge in [-0.05, 0) is 86.8 Å². The number of hydrogen-bond donors (Lipinski definition) is 1. The van der Waals surface area contributed by atoms with Crippen LogP contribution in [0.2, 0.25) is 5.02 Å². The van der Waals surface area contributed by atoms with E-state index in [1.807, 2.05) is 0 Å². The molecule has 2 saturated carbocycles. The number of piperidine rings is 1. The van der Waals surface area contributed by atoms with E-state index in [9.17, 15) is 22.8 Å². The molecule has 0 bridgehead atoms. The van der Waals surface area contributed by atoms with Gasteiger partial charge < -0.3 is 10.2 Å². The molecule has 0 aromatic heterocycles. The highest BCUT2D eigenvalue weighted by molar-refractivity contribution is 6.30. The first-order chi connectivity index (χ1) is 16.8. The van der Waals surface area contributed by atoms with Crippen molar-refractivity contribution in [3.05, 3.63) is 40.1 Å². The van der Waals surface area contributed by atoms with Gasteiger partial charge in [-0.2, -0.15) is 13.2 Å². The molecule has 196 valence electrons. The minimum absolute atomic E-state index is 0.0731. The predicted octanol–water partition coefficient (Wildman–Crippen LogP) is 7.29. The fraction of sp³-hybridized carbons (Fsp3) is 0.643. The lowest BCUT2D eigenvalue weighted by atomic mass is 9.48. The molecule has 1 N–H and O–H groups in total. The summed E-state index contributed by atoms with van der Waals surface area (Å²) in [6, 6.07) is 3.25. The fourth-order valence-electron chi connectivity index (χ4n) is 8.53. The van der Waals surface area contributed by atoms with Crippen molar-refractivity contribution in [2.75, 3.05) is 12.4 Å². The second kappa shape index (κ2) is 8.50. The third-order valence-corrected chi connectivity index (χ3v) is 10.2. The van der Waals surface area contributed by atoms with Gasteiger partial charge >= 0.3 is 6.18 Å². The maximum absolute atomic E-state index is 13.6. The van der Waals surface area contributed by atoms with Gasteiger partial charge in [0.15, 0.2) is 0 Å². The van der Waals surface area contributed by atoms with Gasteiger partial charge in [-0.3, -0.25) is 9.59 Å². The van der Waals surface area contributed by atoms with Gasteiger partial charge in [0, 0.05) is 23.2 Å². The van der Waals surface area contributed by atoms with E-state index in [0.717, 1.165) is 37.1 Å². The Balaban J connectivity index is 1.48. The van der Waals surface area contributed by atoms with Crippen molar-refractivity contribution in [3.8, 4) is 0 Å². The number of allylic oxidation sites excluding steroid dienone is 2. The topological polar surface area (TPSA) is 49.4 Å². The molecule has 4 nitrogen and oxygen atoms in total. The van der Waals surface area contributed by atoms with E-state index in [1.165, 1.54) is 30.9 Å². The monoisotopic (exact) mass is 522 g/mol. The number of alkyl halides is 3. The predicted molar refractivity (Wildman–Crippen MR) is 133 cm³/mol. The van der Waals surface area contributed by atoms with Crippen LogP contribution in [0.4, 0.5) is 18.9 Å². The lowest BCUT2D eigenvalue weighted by Crippen LogP contribution is -2.57. The number of likely N-dealkylation sites (tertiary alicyclic amines) is 1. The molecule has 36 heavy (non-hydrogen) atoms. The summed E-state index contributed by atoms with van der Waals surface area (Å²) in [7, 11) is 1.71. The van der Waals surface area contributed by atoms with Crippen molar-refractivity contribution in [2.24, 2.45) is 34.5 Å². The van der Waals surface area contributed by atoms with Crippen molar-refractivity contribution < 1.29 is 22.8 Å². The van der Waals surface area contributed by atoms with Gasteiger partial charge in [0.05, 0.1) is 11.3 Å². The number of carbonyl (C=O) groups is 2. The number of nitrogens with one attached hydrogen (secondary N) is 1. The van der Waals surface area contributed by atoms with E-state index in [4.69, 9.17) is 11.6 Å². The lowest BCUT2D eigenvalue weighted by molar-refractivity contribution is -0.147.